The van der Waals surface area contributed by atoms with E-state index in [0.29, 0.717) is 31.5 Å². The van der Waals surface area contributed by atoms with Gasteiger partial charge in [-0.2, -0.15) is 11.8 Å². The molecule has 2 fully saturated rings. The summed E-state index contributed by atoms with van der Waals surface area (Å²) in [6.07, 6.45) is 1.66. The van der Waals surface area contributed by atoms with Crippen molar-refractivity contribution in [1.82, 2.24) is 9.88 Å². The molecule has 2 amide bonds. The monoisotopic (exact) mass is 595 g/mol. The fourth-order valence-corrected chi connectivity index (χ4v) is 8.36. The van der Waals surface area contributed by atoms with Gasteiger partial charge < -0.3 is 19.9 Å². The number of ether oxygens (including phenoxy) is 1. The molecule has 2 heterocycles. The Kier molecular flexibility index (Phi) is 8.03. The molecule has 0 unspecified atom stereocenters. The van der Waals surface area contributed by atoms with Crippen LogP contribution in [0.3, 0.4) is 0 Å². The molecule has 3 aromatic carbocycles. The molecule has 4 aromatic rings. The Bertz CT molecular complexity index is 1610. The lowest BCUT2D eigenvalue weighted by Crippen LogP contribution is -2.60. The van der Waals surface area contributed by atoms with E-state index in [1.807, 2.05) is 71.3 Å². The van der Waals surface area contributed by atoms with Gasteiger partial charge in [0.15, 0.2) is 0 Å². The van der Waals surface area contributed by atoms with Gasteiger partial charge in [0.1, 0.15) is 11.3 Å². The molecule has 1 aliphatic heterocycles. The van der Waals surface area contributed by atoms with Crippen molar-refractivity contribution in [3.63, 3.8) is 0 Å². The summed E-state index contributed by atoms with van der Waals surface area (Å²) in [5.41, 5.74) is 4.43. The summed E-state index contributed by atoms with van der Waals surface area (Å²) in [5, 5.41) is 4.41. The van der Waals surface area contributed by atoms with Crippen LogP contribution < -0.4 is 10.1 Å². The quantitative estimate of drug-likeness (QED) is 0.210. The molecule has 7 heteroatoms. The Morgan fingerprint density at radius 3 is 2.35 bits per heavy atom. The van der Waals surface area contributed by atoms with Crippen LogP contribution in [0.1, 0.15) is 55.8 Å². The Morgan fingerprint density at radius 1 is 0.977 bits per heavy atom. The number of para-hydroxylation sites is 1. The highest BCUT2D eigenvalue weighted by molar-refractivity contribution is 7.99. The number of hydrogen-bond donors (Lipinski definition) is 2. The maximum absolute atomic E-state index is 14.6. The molecule has 2 aliphatic rings. The minimum absolute atomic E-state index is 0.0231. The number of thioether (sulfide) groups is 1. The SMILES string of the molecule is COc1ccc(NC(=O)C2(N(Cc3ccccc3)C(=O)C[C@@H]3[C@@H](c4c(C)[nH]c5ccccc45)C3(C)C)CCSCC2)cc1. The molecule has 1 saturated carbocycles. The van der Waals surface area contributed by atoms with Gasteiger partial charge in [0.25, 0.3) is 0 Å². The van der Waals surface area contributed by atoms with Gasteiger partial charge in [-0.05, 0) is 90.0 Å². The summed E-state index contributed by atoms with van der Waals surface area (Å²) < 4.78 is 5.30. The Morgan fingerprint density at radius 2 is 1.65 bits per heavy atom. The van der Waals surface area contributed by atoms with E-state index in [2.05, 4.69) is 55.3 Å². The van der Waals surface area contributed by atoms with Crippen molar-refractivity contribution in [2.45, 2.75) is 58.0 Å². The van der Waals surface area contributed by atoms with E-state index >= 15 is 0 Å². The second kappa shape index (κ2) is 11.8. The number of fused-ring (bicyclic) bond motifs is 1. The van der Waals surface area contributed by atoms with Crippen LogP contribution in [-0.2, 0) is 16.1 Å². The molecule has 0 bridgehead atoms. The van der Waals surface area contributed by atoms with Crippen LogP contribution in [0.4, 0.5) is 5.69 Å². The zero-order chi connectivity index (χ0) is 30.2. The first kappa shape index (κ1) is 29.4. The zero-order valence-electron chi connectivity index (χ0n) is 25.5. The van der Waals surface area contributed by atoms with Crippen molar-refractivity contribution in [3.8, 4) is 5.75 Å². The van der Waals surface area contributed by atoms with E-state index in [1.165, 1.54) is 16.6 Å². The molecule has 1 aliphatic carbocycles. The van der Waals surface area contributed by atoms with Gasteiger partial charge in [0.2, 0.25) is 11.8 Å². The third-order valence-corrected chi connectivity index (χ3v) is 10.8. The molecule has 6 rings (SSSR count). The second-order valence-corrected chi connectivity index (χ2v) is 13.8. The van der Waals surface area contributed by atoms with Crippen molar-refractivity contribution in [2.24, 2.45) is 11.3 Å². The molecular weight excluding hydrogens is 554 g/mol. The predicted molar refractivity (Wildman–Crippen MR) is 176 cm³/mol. The Hall–Kier alpha value is -3.71. The first-order valence-corrected chi connectivity index (χ1v) is 16.3. The van der Waals surface area contributed by atoms with Crippen molar-refractivity contribution < 1.29 is 14.3 Å². The van der Waals surface area contributed by atoms with Gasteiger partial charge in [0.05, 0.1) is 7.11 Å². The van der Waals surface area contributed by atoms with Gasteiger partial charge in [-0.15, -0.1) is 0 Å². The summed E-state index contributed by atoms with van der Waals surface area (Å²) in [6.45, 7) is 7.11. The number of aromatic amines is 1. The van der Waals surface area contributed by atoms with Gasteiger partial charge in [-0.3, -0.25) is 9.59 Å². The molecule has 43 heavy (non-hydrogen) atoms. The first-order valence-electron chi connectivity index (χ1n) is 15.2. The van der Waals surface area contributed by atoms with Crippen LogP contribution >= 0.6 is 11.8 Å². The van der Waals surface area contributed by atoms with E-state index < -0.39 is 5.54 Å². The minimum Gasteiger partial charge on any atom is -0.497 e. The number of benzene rings is 3. The number of carbonyl (C=O) groups is 2. The summed E-state index contributed by atoms with van der Waals surface area (Å²) in [7, 11) is 1.63. The van der Waals surface area contributed by atoms with Crippen LogP contribution in [0.5, 0.6) is 5.75 Å². The Labute approximate surface area is 258 Å². The summed E-state index contributed by atoms with van der Waals surface area (Å²) in [5.74, 6) is 2.81. The van der Waals surface area contributed by atoms with Crippen molar-refractivity contribution in [2.75, 3.05) is 23.9 Å². The lowest BCUT2D eigenvalue weighted by atomic mass is 9.87. The number of methoxy groups -OCH3 is 1. The number of H-pyrrole nitrogens is 1. The highest BCUT2D eigenvalue weighted by Gasteiger charge is 2.60. The molecule has 0 spiro atoms. The lowest BCUT2D eigenvalue weighted by molar-refractivity contribution is -0.147. The van der Waals surface area contributed by atoms with Crippen molar-refractivity contribution >= 4 is 40.2 Å². The molecule has 1 aromatic heterocycles. The minimum atomic E-state index is -0.927. The van der Waals surface area contributed by atoms with E-state index in [-0.39, 0.29) is 29.1 Å². The number of nitrogens with zero attached hydrogens (tertiary/aromatic N) is 1. The second-order valence-electron chi connectivity index (χ2n) is 12.6. The fourth-order valence-electron chi connectivity index (χ4n) is 7.19. The number of carbonyl (C=O) groups excluding carboxylic acids is 2. The van der Waals surface area contributed by atoms with Crippen LogP contribution in [-0.4, -0.2) is 45.9 Å². The molecule has 2 atom stereocenters. The summed E-state index contributed by atoms with van der Waals surface area (Å²) >= 11 is 1.85. The number of aromatic nitrogens is 1. The van der Waals surface area contributed by atoms with Crippen LogP contribution in [0.15, 0.2) is 78.9 Å². The first-order chi connectivity index (χ1) is 20.7. The van der Waals surface area contributed by atoms with Crippen LogP contribution in [0.25, 0.3) is 10.9 Å². The average molecular weight is 596 g/mol. The topological polar surface area (TPSA) is 74.4 Å². The normalized spacial score (nSPS) is 20.4. The number of anilines is 1. The number of hydrogen-bond acceptors (Lipinski definition) is 4. The third kappa shape index (κ3) is 5.55. The molecule has 6 nitrogen and oxygen atoms in total. The third-order valence-electron chi connectivity index (χ3n) is 9.79. The molecule has 0 radical (unpaired) electrons. The maximum atomic E-state index is 14.6. The van der Waals surface area contributed by atoms with Crippen molar-refractivity contribution in [3.05, 3.63) is 95.7 Å². The average Bonchev–Trinajstić information content (AvgIpc) is 3.37. The number of aryl methyl sites for hydroxylation is 1. The predicted octanol–water partition coefficient (Wildman–Crippen LogP) is 7.55. The summed E-state index contributed by atoms with van der Waals surface area (Å²) in [4.78, 5) is 34.4. The smallest absolute Gasteiger partial charge is 0.250 e. The fraction of sp³-hybridized carbons (Fsp3) is 0.389. The number of nitrogens with one attached hydrogen (secondary N) is 2. The standard InChI is InChI=1S/C36H41N3O3S/c1-24-32(28-12-8-9-13-30(28)37-24)33-29(35(33,2)3)22-31(40)39(23-25-10-6-5-7-11-25)36(18-20-43-21-19-36)34(41)38-26-14-16-27(42-4)17-15-26/h5-17,29,33,37H,18-23H2,1-4H3,(H,38,41)/t29-,33+/m1/s1. The van der Waals surface area contributed by atoms with Gasteiger partial charge in [-0.1, -0.05) is 62.4 Å². The van der Waals surface area contributed by atoms with Crippen LogP contribution in [0, 0.1) is 18.3 Å². The molecule has 224 valence electrons. The highest BCUT2D eigenvalue weighted by atomic mass is 32.2. The molecule has 2 N–H and O–H groups in total. The zero-order valence-corrected chi connectivity index (χ0v) is 26.3. The number of rotatable bonds is 9. The Balaban J connectivity index is 1.32. The molecule has 1 saturated heterocycles. The van der Waals surface area contributed by atoms with E-state index in [9.17, 15) is 9.59 Å². The largest absolute Gasteiger partial charge is 0.497 e. The highest BCUT2D eigenvalue weighted by Crippen LogP contribution is 2.67. The van der Waals surface area contributed by atoms with Crippen LogP contribution in [0.2, 0.25) is 0 Å². The van der Waals surface area contributed by atoms with Gasteiger partial charge >= 0.3 is 0 Å². The van der Waals surface area contributed by atoms with E-state index in [4.69, 9.17) is 4.74 Å². The van der Waals surface area contributed by atoms with E-state index in [0.717, 1.165) is 28.3 Å². The van der Waals surface area contributed by atoms with Gasteiger partial charge in [-0.25, -0.2) is 0 Å². The van der Waals surface area contributed by atoms with Crippen molar-refractivity contribution in [1.29, 1.82) is 0 Å². The van der Waals surface area contributed by atoms with Gasteiger partial charge in [0, 0.05) is 35.2 Å². The molecular formula is C36H41N3O3S. The maximum Gasteiger partial charge on any atom is 0.250 e. The lowest BCUT2D eigenvalue weighted by Gasteiger charge is -2.45. The number of amides is 2. The van der Waals surface area contributed by atoms with E-state index in [1.54, 1.807) is 7.11 Å². The summed E-state index contributed by atoms with van der Waals surface area (Å²) in [6, 6.07) is 25.9.